The van der Waals surface area contributed by atoms with Crippen molar-refractivity contribution in [3.8, 4) is 23.0 Å². The van der Waals surface area contributed by atoms with Crippen LogP contribution in [-0.4, -0.2) is 34.8 Å². The fourth-order valence-corrected chi connectivity index (χ4v) is 4.40. The van der Waals surface area contributed by atoms with E-state index in [2.05, 4.69) is 28.2 Å². The fourth-order valence-electron chi connectivity index (χ4n) is 4.07. The van der Waals surface area contributed by atoms with Gasteiger partial charge in [-0.05, 0) is 60.5 Å². The molecule has 0 radical (unpaired) electrons. The lowest BCUT2D eigenvalue weighted by atomic mass is 10.0. The van der Waals surface area contributed by atoms with Crippen LogP contribution in [0.2, 0.25) is 0 Å². The molecule has 11 heteroatoms. The molecule has 0 aliphatic carbocycles. The minimum atomic E-state index is -1.13. The lowest BCUT2D eigenvalue weighted by Crippen LogP contribution is -2.40. The van der Waals surface area contributed by atoms with E-state index in [4.69, 9.17) is 9.47 Å². The molecule has 0 spiro atoms. The first-order valence-electron chi connectivity index (χ1n) is 12.3. The minimum Gasteiger partial charge on any atom is -0.504 e. The molecule has 2 amide bonds. The highest BCUT2D eigenvalue weighted by Gasteiger charge is 2.28. The predicted molar refractivity (Wildman–Crippen MR) is 150 cm³/mol. The smallest absolute Gasteiger partial charge is 0.237 e. The first-order chi connectivity index (χ1) is 19.2. The van der Waals surface area contributed by atoms with Gasteiger partial charge >= 0.3 is 0 Å². The van der Waals surface area contributed by atoms with E-state index in [0.29, 0.717) is 34.3 Å². The van der Waals surface area contributed by atoms with Gasteiger partial charge in [0.1, 0.15) is 17.5 Å². The van der Waals surface area contributed by atoms with Gasteiger partial charge in [-0.1, -0.05) is 13.0 Å². The third-order valence-electron chi connectivity index (χ3n) is 6.23. The van der Waals surface area contributed by atoms with Crippen LogP contribution in [0.1, 0.15) is 24.9 Å². The summed E-state index contributed by atoms with van der Waals surface area (Å²) in [6.45, 7) is 1.81. The van der Waals surface area contributed by atoms with Crippen LogP contribution >= 0.6 is 12.6 Å². The van der Waals surface area contributed by atoms with E-state index < -0.39 is 35.4 Å². The Bertz CT molecular complexity index is 1530. The number of aromatic nitrogens is 1. The number of nitrogens with one attached hydrogen (secondary N) is 2. The van der Waals surface area contributed by atoms with Crippen LogP contribution in [0.25, 0.3) is 10.9 Å². The van der Waals surface area contributed by atoms with Crippen LogP contribution in [-0.2, 0) is 9.59 Å². The second-order valence-electron chi connectivity index (χ2n) is 8.84. The number of phenolic OH excluding ortho intramolecular Hbond substituents is 1. The number of methoxy groups -OCH3 is 1. The van der Waals surface area contributed by atoms with Crippen molar-refractivity contribution in [3.05, 3.63) is 84.1 Å². The zero-order chi connectivity index (χ0) is 28.8. The molecule has 3 aromatic carbocycles. The van der Waals surface area contributed by atoms with E-state index in [1.165, 1.54) is 55.8 Å². The summed E-state index contributed by atoms with van der Waals surface area (Å²) in [4.78, 5) is 29.8. The molecule has 0 fully saturated rings. The summed E-state index contributed by atoms with van der Waals surface area (Å²) < 4.78 is 39.3. The first kappa shape index (κ1) is 28.6. The molecular weight excluding hydrogens is 540 g/mol. The van der Waals surface area contributed by atoms with Crippen molar-refractivity contribution in [2.45, 2.75) is 19.4 Å². The molecule has 0 aliphatic rings. The molecule has 208 valence electrons. The van der Waals surface area contributed by atoms with Crippen molar-refractivity contribution in [1.82, 2.24) is 10.3 Å². The summed E-state index contributed by atoms with van der Waals surface area (Å²) in [5.41, 5.74) is 1.25. The Labute approximate surface area is 234 Å². The van der Waals surface area contributed by atoms with Gasteiger partial charge in [0.2, 0.25) is 11.8 Å². The predicted octanol–water partition coefficient (Wildman–Crippen LogP) is 5.77. The molecule has 0 aliphatic heterocycles. The number of nitrogens with zero attached hydrogens (tertiary/aromatic N) is 1. The molecule has 0 saturated heterocycles. The van der Waals surface area contributed by atoms with Gasteiger partial charge in [0.05, 0.1) is 18.7 Å². The van der Waals surface area contributed by atoms with Crippen molar-refractivity contribution in [2.75, 3.05) is 18.2 Å². The maximum absolute atomic E-state index is 15.2. The number of phenols is 1. The van der Waals surface area contributed by atoms with Crippen molar-refractivity contribution < 1.29 is 33.0 Å². The summed E-state index contributed by atoms with van der Waals surface area (Å²) in [6, 6.07) is 13.4. The highest BCUT2D eigenvalue weighted by molar-refractivity contribution is 7.80. The average Bonchev–Trinajstić information content (AvgIpc) is 2.94. The molecular formula is C29H27F2N3O5S. The van der Waals surface area contributed by atoms with Gasteiger partial charge in [-0.3, -0.25) is 14.6 Å². The molecule has 1 heterocycles. The Balaban J connectivity index is 1.49. The number of aromatic hydroxyl groups is 1. The number of carbonyl (C=O) groups is 2. The third-order valence-corrected chi connectivity index (χ3v) is 6.60. The van der Waals surface area contributed by atoms with Crippen LogP contribution in [0.15, 0.2) is 66.9 Å². The van der Waals surface area contributed by atoms with Crippen LogP contribution in [0, 0.1) is 17.6 Å². The third kappa shape index (κ3) is 6.42. The van der Waals surface area contributed by atoms with E-state index in [-0.39, 0.29) is 23.0 Å². The molecule has 0 bridgehead atoms. The van der Waals surface area contributed by atoms with Gasteiger partial charge < -0.3 is 25.2 Å². The van der Waals surface area contributed by atoms with Crippen LogP contribution in [0.4, 0.5) is 14.5 Å². The molecule has 4 aromatic rings. The van der Waals surface area contributed by atoms with Gasteiger partial charge in [-0.25, -0.2) is 8.78 Å². The number of carbonyl (C=O) groups excluding carboxylic acids is 2. The second-order valence-corrected chi connectivity index (χ2v) is 9.21. The van der Waals surface area contributed by atoms with Gasteiger partial charge in [0, 0.05) is 29.1 Å². The lowest BCUT2D eigenvalue weighted by molar-refractivity contribution is -0.132. The minimum absolute atomic E-state index is 0.0589. The maximum Gasteiger partial charge on any atom is 0.237 e. The first-order valence-corrected chi connectivity index (χ1v) is 13.0. The summed E-state index contributed by atoms with van der Waals surface area (Å²) in [5, 5.41) is 15.9. The fraction of sp³-hybridized carbons (Fsp3) is 0.207. The monoisotopic (exact) mass is 567 g/mol. The summed E-state index contributed by atoms with van der Waals surface area (Å²) in [7, 11) is 1.41. The lowest BCUT2D eigenvalue weighted by Gasteiger charge is -2.21. The van der Waals surface area contributed by atoms with Crippen molar-refractivity contribution in [2.24, 2.45) is 5.92 Å². The van der Waals surface area contributed by atoms with Crippen LogP contribution < -0.4 is 20.1 Å². The Kier molecular flexibility index (Phi) is 9.05. The number of anilines is 1. The Morgan fingerprint density at radius 2 is 1.75 bits per heavy atom. The zero-order valence-corrected chi connectivity index (χ0v) is 22.5. The van der Waals surface area contributed by atoms with Crippen molar-refractivity contribution >= 4 is 41.0 Å². The molecule has 40 heavy (non-hydrogen) atoms. The number of hydrogen-bond donors (Lipinski definition) is 4. The van der Waals surface area contributed by atoms with Crippen molar-refractivity contribution in [3.63, 3.8) is 0 Å². The van der Waals surface area contributed by atoms with E-state index in [9.17, 15) is 19.1 Å². The van der Waals surface area contributed by atoms with E-state index in [1.54, 1.807) is 18.2 Å². The normalized spacial score (nSPS) is 12.4. The Hall–Kier alpha value is -4.38. The van der Waals surface area contributed by atoms with Gasteiger partial charge in [-0.15, -0.1) is 0 Å². The number of halogens is 2. The van der Waals surface area contributed by atoms with Crippen LogP contribution in [0.5, 0.6) is 23.0 Å². The Morgan fingerprint density at radius 3 is 2.40 bits per heavy atom. The van der Waals surface area contributed by atoms with E-state index >= 15 is 4.39 Å². The number of hydrogen-bond acceptors (Lipinski definition) is 7. The summed E-state index contributed by atoms with van der Waals surface area (Å²) in [6.07, 6.45) is 1.89. The SMILES string of the molecule is CCC(NC(=O)C(CS)C(=O)Nc1ccc(F)cc1)c1ccc(Oc2ccnc3cc(O)c(OC)cc23)c(F)c1. The number of fused-ring (bicyclic) bond motifs is 1. The number of amides is 2. The van der Waals surface area contributed by atoms with E-state index in [1.807, 2.05) is 6.92 Å². The number of thiol groups is 1. The molecule has 4 rings (SSSR count). The van der Waals surface area contributed by atoms with Gasteiger partial charge in [0.15, 0.2) is 23.1 Å². The number of benzene rings is 3. The molecule has 0 saturated carbocycles. The number of pyridine rings is 1. The van der Waals surface area contributed by atoms with Crippen LogP contribution in [0.3, 0.4) is 0 Å². The van der Waals surface area contributed by atoms with Gasteiger partial charge in [-0.2, -0.15) is 12.6 Å². The Morgan fingerprint density at radius 1 is 1.00 bits per heavy atom. The largest absolute Gasteiger partial charge is 0.504 e. The van der Waals surface area contributed by atoms with Gasteiger partial charge in [0.25, 0.3) is 0 Å². The zero-order valence-electron chi connectivity index (χ0n) is 21.7. The maximum atomic E-state index is 15.2. The highest BCUT2D eigenvalue weighted by Crippen LogP contribution is 2.37. The quantitative estimate of drug-likeness (QED) is 0.143. The topological polar surface area (TPSA) is 110 Å². The second kappa shape index (κ2) is 12.6. The molecule has 3 N–H and O–H groups in total. The number of rotatable bonds is 10. The number of ether oxygens (including phenoxy) is 2. The standard InChI is InChI=1S/C29H27F2N3O5S/c1-3-22(34-29(37)20(15-40)28(36)33-18-7-5-17(30)6-8-18)16-4-9-26(21(31)12-16)39-25-10-11-32-23-14-24(35)27(38-2)13-19(23)25/h4-14,20,22,35,40H,3,15H2,1-2H3,(H,33,36)(H,34,37). The highest BCUT2D eigenvalue weighted by atomic mass is 32.1. The molecule has 2 atom stereocenters. The van der Waals surface area contributed by atoms with Crippen molar-refractivity contribution in [1.29, 1.82) is 0 Å². The summed E-state index contributed by atoms with van der Waals surface area (Å²) >= 11 is 4.15. The summed E-state index contributed by atoms with van der Waals surface area (Å²) in [5.74, 6) is -3.13. The molecule has 8 nitrogen and oxygen atoms in total. The van der Waals surface area contributed by atoms with E-state index in [0.717, 1.165) is 0 Å². The average molecular weight is 568 g/mol. The molecule has 2 unspecified atom stereocenters. The molecule has 1 aromatic heterocycles.